The first kappa shape index (κ1) is 22.6. The largest absolute Gasteiger partial charge is 0.321 e. The lowest BCUT2D eigenvalue weighted by atomic mass is 10.00. The molecule has 3 aromatic rings. The normalized spacial score (nSPS) is 19.8. The highest BCUT2D eigenvalue weighted by molar-refractivity contribution is 7.12. The number of fused-ring (bicyclic) bond motifs is 1. The summed E-state index contributed by atoms with van der Waals surface area (Å²) in [5.74, 6) is 0.310. The number of carbonyl (C=O) groups excluding carboxylic acids is 2. The number of carbonyl (C=O) groups is 2. The summed E-state index contributed by atoms with van der Waals surface area (Å²) >= 11 is 1.39. The molecule has 1 fully saturated rings. The van der Waals surface area contributed by atoms with E-state index >= 15 is 0 Å². The third-order valence-electron chi connectivity index (χ3n) is 6.92. The lowest BCUT2D eigenvalue weighted by molar-refractivity contribution is 0.0611. The molecule has 4 heterocycles. The van der Waals surface area contributed by atoms with Crippen LogP contribution in [0, 0.1) is 0 Å². The molecule has 1 atom stereocenters. The molecule has 8 nitrogen and oxygen atoms in total. The van der Waals surface area contributed by atoms with Crippen molar-refractivity contribution in [2.45, 2.75) is 38.4 Å². The predicted octanol–water partition coefficient (Wildman–Crippen LogP) is 3.75. The molecule has 1 aromatic carbocycles. The minimum absolute atomic E-state index is 0.0270. The molecule has 2 aliphatic heterocycles. The smallest absolute Gasteiger partial charge is 0.319 e. The van der Waals surface area contributed by atoms with Crippen molar-refractivity contribution in [3.63, 3.8) is 0 Å². The molecule has 2 aromatic heterocycles. The van der Waals surface area contributed by atoms with Crippen LogP contribution in [0.2, 0.25) is 0 Å². The number of nitrogens with zero attached hydrogens (tertiary/aromatic N) is 4. The molecule has 34 heavy (non-hydrogen) atoms. The maximum atomic E-state index is 13.9. The Morgan fingerprint density at radius 2 is 1.97 bits per heavy atom. The predicted molar refractivity (Wildman–Crippen MR) is 133 cm³/mol. The quantitative estimate of drug-likeness (QED) is 0.598. The number of piperazine rings is 1. The summed E-state index contributed by atoms with van der Waals surface area (Å²) in [5.41, 5.74) is 2.41. The van der Waals surface area contributed by atoms with Crippen LogP contribution in [0.3, 0.4) is 0 Å². The first-order valence-corrected chi connectivity index (χ1v) is 12.5. The van der Waals surface area contributed by atoms with Crippen molar-refractivity contribution in [2.75, 3.05) is 32.0 Å². The molecule has 2 N–H and O–H groups in total. The summed E-state index contributed by atoms with van der Waals surface area (Å²) in [4.78, 5) is 33.4. The van der Waals surface area contributed by atoms with Crippen molar-refractivity contribution < 1.29 is 9.59 Å². The highest BCUT2D eigenvalue weighted by Gasteiger charge is 2.46. The number of likely N-dealkylation sites (N-methyl/N-ethyl adjacent to an activating group) is 1. The molecular formula is C25H30N6O2S. The maximum Gasteiger partial charge on any atom is 0.321 e. The molecule has 0 bridgehead atoms. The Hall–Kier alpha value is -3.17. The third-order valence-corrected chi connectivity index (χ3v) is 7.79. The van der Waals surface area contributed by atoms with Crippen LogP contribution in [0.15, 0.2) is 47.8 Å². The fourth-order valence-electron chi connectivity index (χ4n) is 4.98. The average Bonchev–Trinajstić information content (AvgIpc) is 3.53. The van der Waals surface area contributed by atoms with Crippen molar-refractivity contribution in [3.8, 4) is 0 Å². The van der Waals surface area contributed by atoms with E-state index < -0.39 is 5.54 Å². The number of hydrogen-bond donors (Lipinski definition) is 2. The second-order valence-electron chi connectivity index (χ2n) is 9.58. The molecule has 2 aliphatic rings. The third kappa shape index (κ3) is 4.10. The molecule has 9 heteroatoms. The highest BCUT2D eigenvalue weighted by Crippen LogP contribution is 2.41. The van der Waals surface area contributed by atoms with E-state index in [9.17, 15) is 9.59 Å². The van der Waals surface area contributed by atoms with Gasteiger partial charge in [-0.05, 0) is 44.3 Å². The summed E-state index contributed by atoms with van der Waals surface area (Å²) in [5, 5.41) is 12.2. The molecule has 5 rings (SSSR count). The topological polar surface area (TPSA) is 84.6 Å². The van der Waals surface area contributed by atoms with Gasteiger partial charge in [-0.2, -0.15) is 5.10 Å². The van der Waals surface area contributed by atoms with Crippen molar-refractivity contribution in [3.05, 3.63) is 69.5 Å². The molecule has 0 spiro atoms. The van der Waals surface area contributed by atoms with Gasteiger partial charge in [0.2, 0.25) is 0 Å². The number of thiophene rings is 1. The summed E-state index contributed by atoms with van der Waals surface area (Å²) in [6.45, 7) is 6.84. The Kier molecular flexibility index (Phi) is 5.91. The maximum absolute atomic E-state index is 13.9. The summed E-state index contributed by atoms with van der Waals surface area (Å²) in [7, 11) is 2.11. The number of nitrogens with one attached hydrogen (secondary N) is 2. The van der Waals surface area contributed by atoms with Crippen LogP contribution in [-0.4, -0.2) is 69.6 Å². The van der Waals surface area contributed by atoms with Crippen molar-refractivity contribution in [2.24, 2.45) is 0 Å². The van der Waals surface area contributed by atoms with E-state index in [-0.39, 0.29) is 18.0 Å². The van der Waals surface area contributed by atoms with Crippen LogP contribution in [0.4, 0.5) is 10.6 Å². The highest BCUT2D eigenvalue weighted by atomic mass is 32.1. The first-order chi connectivity index (χ1) is 16.3. The van der Waals surface area contributed by atoms with Gasteiger partial charge in [-0.25, -0.2) is 4.79 Å². The molecule has 0 unspecified atom stereocenters. The molecule has 3 amide bonds. The Labute approximate surface area is 203 Å². The van der Waals surface area contributed by atoms with Crippen LogP contribution >= 0.6 is 11.3 Å². The van der Waals surface area contributed by atoms with E-state index in [2.05, 4.69) is 39.6 Å². The Balaban J connectivity index is 1.36. The van der Waals surface area contributed by atoms with E-state index in [0.717, 1.165) is 30.8 Å². The van der Waals surface area contributed by atoms with Crippen LogP contribution in [0.1, 0.15) is 40.3 Å². The van der Waals surface area contributed by atoms with Crippen molar-refractivity contribution >= 4 is 29.1 Å². The van der Waals surface area contributed by atoms with Gasteiger partial charge in [-0.15, -0.1) is 11.3 Å². The number of H-pyrrole nitrogens is 1. The monoisotopic (exact) mass is 478 g/mol. The number of amides is 3. The van der Waals surface area contributed by atoms with E-state index in [1.807, 2.05) is 53.3 Å². The van der Waals surface area contributed by atoms with Gasteiger partial charge in [0.1, 0.15) is 0 Å². The Morgan fingerprint density at radius 3 is 2.71 bits per heavy atom. The molecule has 0 radical (unpaired) electrons. The van der Waals surface area contributed by atoms with E-state index in [0.29, 0.717) is 23.8 Å². The van der Waals surface area contributed by atoms with Gasteiger partial charge in [0, 0.05) is 25.2 Å². The van der Waals surface area contributed by atoms with Crippen LogP contribution in [0.25, 0.3) is 0 Å². The summed E-state index contributed by atoms with van der Waals surface area (Å²) < 4.78 is 0. The van der Waals surface area contributed by atoms with Gasteiger partial charge in [0.25, 0.3) is 5.91 Å². The molecule has 1 saturated heterocycles. The lowest BCUT2D eigenvalue weighted by Gasteiger charge is -2.44. The van der Waals surface area contributed by atoms with Gasteiger partial charge >= 0.3 is 6.03 Å². The fourth-order valence-corrected chi connectivity index (χ4v) is 5.60. The summed E-state index contributed by atoms with van der Waals surface area (Å²) in [6, 6.07) is 14.1. The van der Waals surface area contributed by atoms with Crippen molar-refractivity contribution in [1.82, 2.24) is 24.9 Å². The second-order valence-corrected chi connectivity index (χ2v) is 10.5. The van der Waals surface area contributed by atoms with Crippen LogP contribution in [0.5, 0.6) is 0 Å². The van der Waals surface area contributed by atoms with E-state index in [4.69, 9.17) is 0 Å². The Morgan fingerprint density at radius 1 is 1.18 bits per heavy atom. The number of benzene rings is 1. The number of urea groups is 1. The lowest BCUT2D eigenvalue weighted by Crippen LogP contribution is -2.59. The molecule has 178 valence electrons. The number of aromatic nitrogens is 2. The number of hydrogen-bond acceptors (Lipinski definition) is 5. The first-order valence-electron chi connectivity index (χ1n) is 11.6. The fraction of sp³-hybridized carbons (Fsp3) is 0.400. The van der Waals surface area contributed by atoms with Gasteiger partial charge in [0.05, 0.1) is 28.7 Å². The zero-order valence-corrected chi connectivity index (χ0v) is 20.6. The second kappa shape index (κ2) is 8.88. The zero-order chi connectivity index (χ0) is 23.9. The van der Waals surface area contributed by atoms with Gasteiger partial charge in [-0.3, -0.25) is 9.89 Å². The summed E-state index contributed by atoms with van der Waals surface area (Å²) in [6.07, 6.45) is 0.820. The minimum Gasteiger partial charge on any atom is -0.319 e. The van der Waals surface area contributed by atoms with E-state index in [1.165, 1.54) is 16.9 Å². The van der Waals surface area contributed by atoms with Gasteiger partial charge in [-0.1, -0.05) is 36.4 Å². The standard InChI is InChI=1S/C25H30N6O2S/c1-25(2)21-19(22(28-27-21)26-23(32)20-10-7-13-34-20)16-31(25)24(33)30-12-11-29(3)15-18(30)14-17-8-5-4-6-9-17/h4-10,13,18H,11-12,14-16H2,1-3H3,(H2,26,27,28,32)/t18-/m0/s1. The zero-order valence-electron chi connectivity index (χ0n) is 19.7. The molecule has 0 saturated carbocycles. The minimum atomic E-state index is -0.564. The van der Waals surface area contributed by atoms with Gasteiger partial charge in [0.15, 0.2) is 5.82 Å². The number of rotatable bonds is 4. The average molecular weight is 479 g/mol. The van der Waals surface area contributed by atoms with Crippen LogP contribution in [-0.2, 0) is 18.5 Å². The number of aromatic amines is 1. The SMILES string of the molecule is CN1CCN(C(=O)N2Cc3c(NC(=O)c4cccs4)n[nH]c3C2(C)C)[C@@H](Cc2ccccc2)C1. The molecular weight excluding hydrogens is 448 g/mol. The van der Waals surface area contributed by atoms with Crippen LogP contribution < -0.4 is 5.32 Å². The molecule has 0 aliphatic carbocycles. The Bertz CT molecular complexity index is 1170. The van der Waals surface area contributed by atoms with Gasteiger partial charge < -0.3 is 20.0 Å². The van der Waals surface area contributed by atoms with E-state index in [1.54, 1.807) is 6.07 Å². The van der Waals surface area contributed by atoms with Crippen molar-refractivity contribution in [1.29, 1.82) is 0 Å². The number of anilines is 1.